The number of carbonyl (C=O) groups is 1. The zero-order valence-corrected chi connectivity index (χ0v) is 11.8. The quantitative estimate of drug-likeness (QED) is 0.897. The van der Waals surface area contributed by atoms with Gasteiger partial charge in [0.2, 0.25) is 0 Å². The van der Waals surface area contributed by atoms with Crippen LogP contribution in [0.3, 0.4) is 0 Å². The van der Waals surface area contributed by atoms with E-state index in [9.17, 15) is 15.0 Å². The minimum Gasteiger partial charge on any atom is -0.476 e. The molecule has 0 radical (unpaired) electrons. The number of aliphatic hydroxyl groups is 1. The van der Waals surface area contributed by atoms with Crippen LogP contribution in [0, 0.1) is 0 Å². The molecule has 0 aliphatic carbocycles. The molecule has 0 aromatic carbocycles. The fourth-order valence-electron chi connectivity index (χ4n) is 3.11. The fraction of sp³-hybridized carbons (Fsp3) is 0.467. The first kappa shape index (κ1) is 13.9. The van der Waals surface area contributed by atoms with Gasteiger partial charge < -0.3 is 15.1 Å². The van der Waals surface area contributed by atoms with E-state index in [2.05, 4.69) is 9.88 Å². The summed E-state index contributed by atoms with van der Waals surface area (Å²) in [7, 11) is 0. The van der Waals surface area contributed by atoms with Crippen LogP contribution in [-0.2, 0) is 0 Å². The molecule has 2 aromatic heterocycles. The standard InChI is InChI=1S/C15H19N3O3/c19-10-7-11-5-1-3-8-17(11)14-13(15(20)21)18-9-4-2-6-12(18)16-14/h2,4,6,9,11,19H,1,3,5,7-8,10H2,(H,20,21). The number of hydrogen-bond acceptors (Lipinski definition) is 4. The van der Waals surface area contributed by atoms with Gasteiger partial charge in [-0.1, -0.05) is 6.07 Å². The van der Waals surface area contributed by atoms with Gasteiger partial charge in [-0.25, -0.2) is 9.78 Å². The van der Waals surface area contributed by atoms with E-state index in [1.54, 1.807) is 22.7 Å². The highest BCUT2D eigenvalue weighted by molar-refractivity contribution is 5.93. The summed E-state index contributed by atoms with van der Waals surface area (Å²) >= 11 is 0. The Morgan fingerprint density at radius 3 is 3.00 bits per heavy atom. The normalized spacial score (nSPS) is 19.1. The van der Waals surface area contributed by atoms with Gasteiger partial charge in [0, 0.05) is 25.4 Å². The summed E-state index contributed by atoms with van der Waals surface area (Å²) in [4.78, 5) is 18.2. The molecule has 3 heterocycles. The van der Waals surface area contributed by atoms with Crippen LogP contribution < -0.4 is 4.90 Å². The van der Waals surface area contributed by atoms with Crippen molar-refractivity contribution in [1.82, 2.24) is 9.38 Å². The highest BCUT2D eigenvalue weighted by Gasteiger charge is 2.29. The van der Waals surface area contributed by atoms with Gasteiger partial charge in [-0.2, -0.15) is 0 Å². The summed E-state index contributed by atoms with van der Waals surface area (Å²) in [5, 5.41) is 18.8. The minimum atomic E-state index is -0.975. The number of fused-ring (bicyclic) bond motifs is 1. The Hall–Kier alpha value is -2.08. The molecule has 112 valence electrons. The van der Waals surface area contributed by atoms with Gasteiger partial charge in [0.25, 0.3) is 0 Å². The predicted octanol–water partition coefficient (Wildman–Crippen LogP) is 1.77. The highest BCUT2D eigenvalue weighted by Crippen LogP contribution is 2.29. The number of hydrogen-bond donors (Lipinski definition) is 2. The van der Waals surface area contributed by atoms with E-state index in [4.69, 9.17) is 0 Å². The molecule has 2 aromatic rings. The molecule has 0 saturated carbocycles. The Labute approximate surface area is 122 Å². The molecular formula is C15H19N3O3. The zero-order chi connectivity index (χ0) is 14.8. The summed E-state index contributed by atoms with van der Waals surface area (Å²) in [5.41, 5.74) is 0.841. The number of imidazole rings is 1. The van der Waals surface area contributed by atoms with E-state index in [0.717, 1.165) is 25.8 Å². The van der Waals surface area contributed by atoms with Gasteiger partial charge in [-0.05, 0) is 37.8 Å². The monoisotopic (exact) mass is 289 g/mol. The third-order valence-corrected chi connectivity index (χ3v) is 4.08. The summed E-state index contributed by atoms with van der Waals surface area (Å²) < 4.78 is 1.61. The van der Waals surface area contributed by atoms with Gasteiger partial charge in [0.05, 0.1) is 0 Å². The molecule has 1 saturated heterocycles. The number of pyridine rings is 1. The van der Waals surface area contributed by atoms with E-state index in [1.807, 2.05) is 6.07 Å². The van der Waals surface area contributed by atoms with Crippen molar-refractivity contribution in [2.45, 2.75) is 31.7 Å². The summed E-state index contributed by atoms with van der Waals surface area (Å²) in [6.07, 6.45) is 5.46. The maximum atomic E-state index is 11.7. The Morgan fingerprint density at radius 1 is 1.38 bits per heavy atom. The SMILES string of the molecule is O=C(O)c1c(N2CCCCC2CCO)nc2ccccn12. The summed E-state index contributed by atoms with van der Waals surface area (Å²) in [5.74, 6) is -0.455. The van der Waals surface area contributed by atoms with Crippen molar-refractivity contribution in [3.8, 4) is 0 Å². The van der Waals surface area contributed by atoms with Crippen molar-refractivity contribution < 1.29 is 15.0 Å². The number of aromatic nitrogens is 2. The van der Waals surface area contributed by atoms with Crippen LogP contribution in [0.25, 0.3) is 5.65 Å². The summed E-state index contributed by atoms with van der Waals surface area (Å²) in [6.45, 7) is 0.895. The lowest BCUT2D eigenvalue weighted by Gasteiger charge is -2.36. The molecule has 1 unspecified atom stereocenters. The molecule has 1 atom stereocenters. The first-order valence-corrected chi connectivity index (χ1v) is 7.30. The molecule has 0 bridgehead atoms. The largest absolute Gasteiger partial charge is 0.476 e. The van der Waals surface area contributed by atoms with E-state index in [1.165, 1.54) is 0 Å². The molecule has 0 spiro atoms. The third-order valence-electron chi connectivity index (χ3n) is 4.08. The Balaban J connectivity index is 2.09. The Bertz CT molecular complexity index is 651. The predicted molar refractivity (Wildman–Crippen MR) is 78.8 cm³/mol. The third kappa shape index (κ3) is 2.47. The van der Waals surface area contributed by atoms with E-state index < -0.39 is 5.97 Å². The zero-order valence-electron chi connectivity index (χ0n) is 11.8. The molecule has 6 heteroatoms. The van der Waals surface area contributed by atoms with Crippen LogP contribution in [-0.4, -0.2) is 44.8 Å². The molecule has 3 rings (SSSR count). The van der Waals surface area contributed by atoms with Crippen molar-refractivity contribution in [3.63, 3.8) is 0 Å². The maximum absolute atomic E-state index is 11.7. The van der Waals surface area contributed by atoms with Gasteiger partial charge in [-0.3, -0.25) is 4.40 Å². The van der Waals surface area contributed by atoms with E-state index in [-0.39, 0.29) is 18.3 Å². The number of carboxylic acids is 1. The first-order valence-electron chi connectivity index (χ1n) is 7.30. The van der Waals surface area contributed by atoms with Gasteiger partial charge in [0.15, 0.2) is 11.5 Å². The molecule has 6 nitrogen and oxygen atoms in total. The smallest absolute Gasteiger partial charge is 0.356 e. The lowest BCUT2D eigenvalue weighted by molar-refractivity contribution is 0.0690. The molecule has 1 aliphatic heterocycles. The highest BCUT2D eigenvalue weighted by atomic mass is 16.4. The van der Waals surface area contributed by atoms with Crippen molar-refractivity contribution in [2.24, 2.45) is 0 Å². The van der Waals surface area contributed by atoms with E-state index >= 15 is 0 Å². The molecule has 0 amide bonds. The topological polar surface area (TPSA) is 78.1 Å². The van der Waals surface area contributed by atoms with Crippen molar-refractivity contribution in [3.05, 3.63) is 30.1 Å². The van der Waals surface area contributed by atoms with Crippen molar-refractivity contribution >= 4 is 17.4 Å². The lowest BCUT2D eigenvalue weighted by atomic mass is 9.99. The molecule has 2 N–H and O–H groups in total. The number of aliphatic hydroxyl groups excluding tert-OH is 1. The first-order chi connectivity index (χ1) is 10.2. The molecule has 1 aliphatic rings. The van der Waals surface area contributed by atoms with Gasteiger partial charge >= 0.3 is 5.97 Å². The van der Waals surface area contributed by atoms with Gasteiger partial charge in [-0.15, -0.1) is 0 Å². The van der Waals surface area contributed by atoms with Crippen LogP contribution in [0.5, 0.6) is 0 Å². The van der Waals surface area contributed by atoms with Crippen LogP contribution in [0.1, 0.15) is 36.2 Å². The minimum absolute atomic E-state index is 0.108. The number of carboxylic acid groups (broad SMARTS) is 1. The second kappa shape index (κ2) is 5.73. The number of aromatic carboxylic acids is 1. The second-order valence-electron chi connectivity index (χ2n) is 5.37. The summed E-state index contributed by atoms with van der Waals surface area (Å²) in [6, 6.07) is 5.61. The van der Waals surface area contributed by atoms with Crippen LogP contribution >= 0.6 is 0 Å². The maximum Gasteiger partial charge on any atom is 0.356 e. The number of anilines is 1. The number of rotatable bonds is 4. The number of nitrogens with zero attached hydrogens (tertiary/aromatic N) is 3. The Morgan fingerprint density at radius 2 is 2.24 bits per heavy atom. The average Bonchev–Trinajstić information content (AvgIpc) is 2.87. The van der Waals surface area contributed by atoms with Crippen LogP contribution in [0.15, 0.2) is 24.4 Å². The van der Waals surface area contributed by atoms with Crippen LogP contribution in [0.4, 0.5) is 5.82 Å². The second-order valence-corrected chi connectivity index (χ2v) is 5.37. The van der Waals surface area contributed by atoms with Gasteiger partial charge in [0.1, 0.15) is 5.65 Å². The molecule has 21 heavy (non-hydrogen) atoms. The van der Waals surface area contributed by atoms with Crippen LogP contribution in [0.2, 0.25) is 0 Å². The molecule has 1 fully saturated rings. The number of piperidine rings is 1. The average molecular weight is 289 g/mol. The van der Waals surface area contributed by atoms with E-state index in [0.29, 0.717) is 17.9 Å². The lowest BCUT2D eigenvalue weighted by Crippen LogP contribution is -2.41. The fourth-order valence-corrected chi connectivity index (χ4v) is 3.11. The Kier molecular flexibility index (Phi) is 3.79. The van der Waals surface area contributed by atoms with Crippen molar-refractivity contribution in [1.29, 1.82) is 0 Å². The van der Waals surface area contributed by atoms with Crippen molar-refractivity contribution in [2.75, 3.05) is 18.1 Å². The molecular weight excluding hydrogens is 270 g/mol.